The molecule has 0 aromatic heterocycles. The first-order valence-electron chi connectivity index (χ1n) is 10.6. The number of benzene rings is 2. The van der Waals surface area contributed by atoms with Crippen molar-refractivity contribution in [1.29, 1.82) is 0 Å². The summed E-state index contributed by atoms with van der Waals surface area (Å²) in [6.07, 6.45) is 4.16. The fourth-order valence-corrected chi connectivity index (χ4v) is 3.85. The van der Waals surface area contributed by atoms with E-state index in [1.165, 1.54) is 25.1 Å². The molecule has 1 fully saturated rings. The van der Waals surface area contributed by atoms with Gasteiger partial charge >= 0.3 is 0 Å². The minimum Gasteiger partial charge on any atom is -0.490 e. The lowest BCUT2D eigenvalue weighted by atomic mass is 9.82. The highest BCUT2D eigenvalue weighted by molar-refractivity contribution is 5.33. The lowest BCUT2D eigenvalue weighted by Crippen LogP contribution is -2.21. The Morgan fingerprint density at radius 1 is 0.867 bits per heavy atom. The number of rotatable bonds is 8. The van der Waals surface area contributed by atoms with Gasteiger partial charge in [-0.25, -0.2) is 13.2 Å². The third-order valence-electron chi connectivity index (χ3n) is 5.78. The van der Waals surface area contributed by atoms with Crippen LogP contribution < -0.4 is 4.74 Å². The van der Waals surface area contributed by atoms with Crippen molar-refractivity contribution in [2.45, 2.75) is 71.0 Å². The van der Waals surface area contributed by atoms with Crippen LogP contribution in [0.2, 0.25) is 0 Å². The van der Waals surface area contributed by atoms with Crippen molar-refractivity contribution >= 4 is 0 Å². The summed E-state index contributed by atoms with van der Waals surface area (Å²) in [4.78, 5) is 0. The van der Waals surface area contributed by atoms with Gasteiger partial charge in [0.05, 0.1) is 19.3 Å². The molecule has 0 amide bonds. The topological polar surface area (TPSA) is 18.5 Å². The second kappa shape index (κ2) is 10.3. The largest absolute Gasteiger partial charge is 0.490 e. The molecule has 0 atom stereocenters. The maximum absolute atomic E-state index is 14.6. The van der Waals surface area contributed by atoms with E-state index in [1.54, 1.807) is 6.07 Å². The Balaban J connectivity index is 1.55. The average molecular weight is 424 g/mol. The molecule has 0 radical (unpaired) electrons. The highest BCUT2D eigenvalue weighted by atomic mass is 19.2. The SMILES string of the molecule is CCCCOc1ccc(C2CCC(OCc3ccc(C)c(F)c3F)CC2)c(F)c1F. The highest BCUT2D eigenvalue weighted by Gasteiger charge is 2.27. The van der Waals surface area contributed by atoms with E-state index >= 15 is 0 Å². The second-order valence-electron chi connectivity index (χ2n) is 7.94. The van der Waals surface area contributed by atoms with Crippen LogP contribution >= 0.6 is 0 Å². The summed E-state index contributed by atoms with van der Waals surface area (Å²) >= 11 is 0. The molecule has 3 rings (SSSR count). The fraction of sp³-hybridized carbons (Fsp3) is 0.500. The van der Waals surface area contributed by atoms with Crippen molar-refractivity contribution in [3.8, 4) is 5.75 Å². The summed E-state index contributed by atoms with van der Waals surface area (Å²) in [6.45, 7) is 3.86. The molecule has 2 aromatic carbocycles. The lowest BCUT2D eigenvalue weighted by Gasteiger charge is -2.29. The molecule has 0 spiro atoms. The van der Waals surface area contributed by atoms with Gasteiger partial charge in [0.25, 0.3) is 0 Å². The Labute approximate surface area is 175 Å². The molecule has 0 saturated heterocycles. The third kappa shape index (κ3) is 5.15. The van der Waals surface area contributed by atoms with Crippen LogP contribution in [0.4, 0.5) is 17.6 Å². The highest BCUT2D eigenvalue weighted by Crippen LogP contribution is 2.37. The van der Waals surface area contributed by atoms with Crippen LogP contribution in [0.25, 0.3) is 0 Å². The van der Waals surface area contributed by atoms with Gasteiger partial charge < -0.3 is 9.47 Å². The predicted octanol–water partition coefficient (Wildman–Crippen LogP) is 6.97. The van der Waals surface area contributed by atoms with Gasteiger partial charge in [-0.05, 0) is 62.1 Å². The predicted molar refractivity (Wildman–Crippen MR) is 108 cm³/mol. The van der Waals surface area contributed by atoms with Crippen molar-refractivity contribution in [3.63, 3.8) is 0 Å². The van der Waals surface area contributed by atoms with Gasteiger partial charge in [-0.15, -0.1) is 0 Å². The minimum absolute atomic E-state index is 0.00878. The first-order valence-corrected chi connectivity index (χ1v) is 10.6. The molecule has 2 nitrogen and oxygen atoms in total. The molecular formula is C24H28F4O2. The van der Waals surface area contributed by atoms with E-state index in [-0.39, 0.29) is 35.5 Å². The number of hydrogen-bond acceptors (Lipinski definition) is 2. The van der Waals surface area contributed by atoms with Gasteiger partial charge in [-0.2, -0.15) is 4.39 Å². The smallest absolute Gasteiger partial charge is 0.200 e. The first kappa shape index (κ1) is 22.6. The molecule has 0 N–H and O–H groups in total. The van der Waals surface area contributed by atoms with Crippen LogP contribution in [-0.4, -0.2) is 12.7 Å². The van der Waals surface area contributed by atoms with Gasteiger partial charge in [0.15, 0.2) is 23.2 Å². The minimum atomic E-state index is -0.932. The van der Waals surface area contributed by atoms with E-state index in [1.807, 2.05) is 6.92 Å². The van der Waals surface area contributed by atoms with Crippen LogP contribution in [0.1, 0.15) is 68.1 Å². The maximum atomic E-state index is 14.6. The Bertz CT molecular complexity index is 861. The molecule has 0 aliphatic heterocycles. The summed E-state index contributed by atoms with van der Waals surface area (Å²) in [5, 5.41) is 0. The normalized spacial score (nSPS) is 19.1. The fourth-order valence-electron chi connectivity index (χ4n) is 3.85. The Hall–Kier alpha value is -2.08. The molecule has 1 aliphatic carbocycles. The summed E-state index contributed by atoms with van der Waals surface area (Å²) < 4.78 is 67.6. The van der Waals surface area contributed by atoms with E-state index in [0.29, 0.717) is 37.9 Å². The molecule has 0 unspecified atom stereocenters. The third-order valence-corrected chi connectivity index (χ3v) is 5.78. The molecule has 6 heteroatoms. The maximum Gasteiger partial charge on any atom is 0.200 e. The van der Waals surface area contributed by atoms with E-state index < -0.39 is 23.3 Å². The van der Waals surface area contributed by atoms with E-state index in [9.17, 15) is 17.6 Å². The summed E-state index contributed by atoms with van der Waals surface area (Å²) in [6, 6.07) is 6.17. The van der Waals surface area contributed by atoms with Gasteiger partial charge in [0, 0.05) is 5.56 Å². The zero-order valence-corrected chi connectivity index (χ0v) is 17.4. The molecule has 1 saturated carbocycles. The Morgan fingerprint density at radius 3 is 2.30 bits per heavy atom. The van der Waals surface area contributed by atoms with Gasteiger partial charge in [-0.3, -0.25) is 0 Å². The summed E-state index contributed by atoms with van der Waals surface area (Å²) in [5.74, 6) is -3.64. The van der Waals surface area contributed by atoms with Crippen LogP contribution in [-0.2, 0) is 11.3 Å². The van der Waals surface area contributed by atoms with Crippen LogP contribution in [0.15, 0.2) is 24.3 Å². The number of hydrogen-bond donors (Lipinski definition) is 0. The van der Waals surface area contributed by atoms with E-state index in [4.69, 9.17) is 9.47 Å². The van der Waals surface area contributed by atoms with Gasteiger partial charge in [0.2, 0.25) is 5.82 Å². The summed E-state index contributed by atoms with van der Waals surface area (Å²) in [5.41, 5.74) is 0.806. The Kier molecular flexibility index (Phi) is 7.75. The van der Waals surface area contributed by atoms with Crippen LogP contribution in [0, 0.1) is 30.2 Å². The van der Waals surface area contributed by atoms with Crippen LogP contribution in [0.5, 0.6) is 5.75 Å². The zero-order valence-electron chi connectivity index (χ0n) is 17.4. The van der Waals surface area contributed by atoms with Gasteiger partial charge in [0.1, 0.15) is 0 Å². The van der Waals surface area contributed by atoms with E-state index in [2.05, 4.69) is 0 Å². The number of ether oxygens (including phenoxy) is 2. The van der Waals surface area contributed by atoms with Crippen molar-refractivity contribution in [2.24, 2.45) is 0 Å². The number of aryl methyl sites for hydroxylation is 1. The molecule has 30 heavy (non-hydrogen) atoms. The van der Waals surface area contributed by atoms with Crippen molar-refractivity contribution in [1.82, 2.24) is 0 Å². The molecule has 2 aromatic rings. The molecule has 0 bridgehead atoms. The first-order chi connectivity index (χ1) is 14.4. The number of halogens is 4. The molecule has 164 valence electrons. The van der Waals surface area contributed by atoms with Gasteiger partial charge in [-0.1, -0.05) is 31.5 Å². The quantitative estimate of drug-likeness (QED) is 0.336. The lowest BCUT2D eigenvalue weighted by molar-refractivity contribution is 0.0116. The van der Waals surface area contributed by atoms with Crippen molar-refractivity contribution in [2.75, 3.05) is 6.61 Å². The number of unbranched alkanes of at least 4 members (excludes halogenated alkanes) is 1. The molecule has 0 heterocycles. The van der Waals surface area contributed by atoms with Crippen molar-refractivity contribution in [3.05, 3.63) is 64.2 Å². The molecular weight excluding hydrogens is 396 g/mol. The van der Waals surface area contributed by atoms with E-state index in [0.717, 1.165) is 12.8 Å². The zero-order chi connectivity index (χ0) is 21.7. The second-order valence-corrected chi connectivity index (χ2v) is 7.94. The summed E-state index contributed by atoms with van der Waals surface area (Å²) in [7, 11) is 0. The molecule has 1 aliphatic rings. The average Bonchev–Trinajstić information content (AvgIpc) is 2.75. The standard InChI is InChI=1S/C24H28F4O2/c1-3-4-13-29-20-12-11-19(23(27)24(20)28)16-7-9-18(10-8-16)30-14-17-6-5-15(2)21(25)22(17)26/h5-6,11-12,16,18H,3-4,7-10,13-14H2,1-2H3. The monoisotopic (exact) mass is 424 g/mol. The van der Waals surface area contributed by atoms with Crippen LogP contribution in [0.3, 0.4) is 0 Å². The van der Waals surface area contributed by atoms with Crippen molar-refractivity contribution < 1.29 is 27.0 Å². The Morgan fingerprint density at radius 2 is 1.60 bits per heavy atom.